The van der Waals surface area contributed by atoms with Crippen molar-refractivity contribution in [2.75, 3.05) is 11.0 Å². The first-order chi connectivity index (χ1) is 7.44. The highest BCUT2D eigenvalue weighted by atomic mass is 127. The summed E-state index contributed by atoms with van der Waals surface area (Å²) in [6, 6.07) is 0. The van der Waals surface area contributed by atoms with Crippen molar-refractivity contribution in [2.24, 2.45) is 5.92 Å². The lowest BCUT2D eigenvalue weighted by Gasteiger charge is -2.23. The van der Waals surface area contributed by atoms with Gasteiger partial charge < -0.3 is 14.2 Å². The van der Waals surface area contributed by atoms with Crippen molar-refractivity contribution in [1.29, 1.82) is 0 Å². The summed E-state index contributed by atoms with van der Waals surface area (Å²) in [5, 5.41) is -0.623. The Hall–Kier alpha value is 0.410. The van der Waals surface area contributed by atoms with Crippen molar-refractivity contribution in [3.8, 4) is 0 Å². The van der Waals surface area contributed by atoms with Gasteiger partial charge >= 0.3 is 5.97 Å². The second-order valence-corrected chi connectivity index (χ2v) is 5.83. The predicted octanol–water partition coefficient (Wildman–Crippen LogP) is 1.72. The number of ether oxygens (including phenoxy) is 3. The molecule has 0 N–H and O–H groups in total. The van der Waals surface area contributed by atoms with Crippen molar-refractivity contribution >= 4 is 40.2 Å². The number of alkyl halides is 2. The lowest BCUT2D eigenvalue weighted by molar-refractivity contribution is -0.146. The zero-order valence-corrected chi connectivity index (χ0v) is 12.0. The van der Waals surface area contributed by atoms with E-state index in [1.807, 2.05) is 13.8 Å². The summed E-state index contributed by atoms with van der Waals surface area (Å²) >= 11 is 8.25. The van der Waals surface area contributed by atoms with Gasteiger partial charge in [0, 0.05) is 4.43 Å². The highest BCUT2D eigenvalue weighted by Gasteiger charge is 2.51. The summed E-state index contributed by atoms with van der Waals surface area (Å²) in [6.45, 7) is 4.17. The van der Waals surface area contributed by atoms with Crippen LogP contribution in [0, 0.1) is 5.92 Å². The van der Waals surface area contributed by atoms with Crippen molar-refractivity contribution < 1.29 is 19.0 Å². The van der Waals surface area contributed by atoms with Gasteiger partial charge in [-0.2, -0.15) is 0 Å². The van der Waals surface area contributed by atoms with Crippen LogP contribution in [0.3, 0.4) is 0 Å². The molecular weight excluding hydrogens is 346 g/mol. The van der Waals surface area contributed by atoms with Gasteiger partial charge in [-0.1, -0.05) is 22.6 Å². The van der Waals surface area contributed by atoms with Crippen LogP contribution in [0.15, 0.2) is 0 Å². The maximum absolute atomic E-state index is 11.4. The molecule has 6 heteroatoms. The summed E-state index contributed by atoms with van der Waals surface area (Å²) in [6.07, 6.45) is -0.332. The number of cyclic esters (lactones) is 1. The normalized spacial score (nSPS) is 42.4. The Morgan fingerprint density at radius 2 is 2.25 bits per heavy atom. The van der Waals surface area contributed by atoms with Crippen molar-refractivity contribution in [2.45, 2.75) is 37.2 Å². The lowest BCUT2D eigenvalue weighted by Crippen LogP contribution is -2.37. The van der Waals surface area contributed by atoms with Gasteiger partial charge in [0.1, 0.15) is 11.5 Å². The van der Waals surface area contributed by atoms with E-state index in [9.17, 15) is 4.79 Å². The number of hydrogen-bond donors (Lipinski definition) is 0. The molecule has 2 heterocycles. The van der Waals surface area contributed by atoms with Crippen molar-refractivity contribution in [3.05, 3.63) is 0 Å². The van der Waals surface area contributed by atoms with Gasteiger partial charge in [0.15, 0.2) is 5.79 Å². The van der Waals surface area contributed by atoms with E-state index in [0.717, 1.165) is 4.43 Å². The molecule has 0 amide bonds. The Morgan fingerprint density at radius 1 is 1.56 bits per heavy atom. The third-order valence-electron chi connectivity index (χ3n) is 2.87. The summed E-state index contributed by atoms with van der Waals surface area (Å²) in [4.78, 5) is 11.4. The number of rotatable bonds is 2. The molecule has 0 spiro atoms. The molecule has 4 nitrogen and oxygen atoms in total. The Kier molecular flexibility index (Phi) is 3.69. The van der Waals surface area contributed by atoms with Crippen LogP contribution in [-0.4, -0.2) is 40.4 Å². The highest BCUT2D eigenvalue weighted by Crippen LogP contribution is 2.37. The summed E-state index contributed by atoms with van der Waals surface area (Å²) < 4.78 is 17.2. The summed E-state index contributed by atoms with van der Waals surface area (Å²) in [5.74, 6) is -1.06. The molecule has 2 aliphatic heterocycles. The molecule has 0 bridgehead atoms. The predicted molar refractivity (Wildman–Crippen MR) is 66.8 cm³/mol. The fourth-order valence-electron chi connectivity index (χ4n) is 2.11. The minimum Gasteiger partial charge on any atom is -0.460 e. The van der Waals surface area contributed by atoms with Crippen LogP contribution in [-0.2, 0) is 19.0 Å². The molecule has 0 unspecified atom stereocenters. The van der Waals surface area contributed by atoms with E-state index >= 15 is 0 Å². The van der Waals surface area contributed by atoms with Gasteiger partial charge in [0.25, 0.3) is 0 Å². The number of esters is 1. The molecule has 0 saturated carbocycles. The number of carbonyl (C=O) groups is 1. The average Bonchev–Trinajstić information content (AvgIpc) is 2.69. The molecule has 0 aromatic rings. The van der Waals surface area contributed by atoms with Crippen LogP contribution < -0.4 is 0 Å². The molecule has 2 saturated heterocycles. The smallest absolute Gasteiger partial charge is 0.324 e. The lowest BCUT2D eigenvalue weighted by atomic mass is 9.96. The van der Waals surface area contributed by atoms with Gasteiger partial charge in [0.05, 0.1) is 18.6 Å². The molecule has 2 fully saturated rings. The summed E-state index contributed by atoms with van der Waals surface area (Å²) in [7, 11) is 0. The Labute approximate surface area is 113 Å². The second-order valence-electron chi connectivity index (χ2n) is 4.48. The molecule has 0 aromatic heterocycles. The van der Waals surface area contributed by atoms with Crippen LogP contribution in [0.5, 0.6) is 0 Å². The first kappa shape index (κ1) is 12.9. The summed E-state index contributed by atoms with van der Waals surface area (Å²) in [5.41, 5.74) is 0. The molecule has 4 atom stereocenters. The zero-order chi connectivity index (χ0) is 11.9. The van der Waals surface area contributed by atoms with E-state index in [-0.39, 0.29) is 24.1 Å². The average molecular weight is 361 g/mol. The molecule has 0 aliphatic carbocycles. The zero-order valence-electron chi connectivity index (χ0n) is 9.11. The Balaban J connectivity index is 2.10. The molecule has 92 valence electrons. The minimum atomic E-state index is -0.623. The first-order valence-electron chi connectivity index (χ1n) is 5.17. The topological polar surface area (TPSA) is 44.8 Å². The highest BCUT2D eigenvalue weighted by molar-refractivity contribution is 14.1. The molecular formula is C10H14ClIO4. The van der Waals surface area contributed by atoms with E-state index in [1.54, 1.807) is 0 Å². The van der Waals surface area contributed by atoms with Gasteiger partial charge in [-0.3, -0.25) is 4.79 Å². The van der Waals surface area contributed by atoms with Crippen LogP contribution in [0.1, 0.15) is 13.8 Å². The van der Waals surface area contributed by atoms with E-state index in [2.05, 4.69) is 22.6 Å². The first-order valence-corrected chi connectivity index (χ1v) is 7.13. The minimum absolute atomic E-state index is 0.118. The fourth-order valence-corrected chi connectivity index (χ4v) is 3.25. The Morgan fingerprint density at radius 3 is 2.75 bits per heavy atom. The molecule has 2 aliphatic rings. The SMILES string of the molecule is CC1(C)OC[C@H]([C@H]2[C@H](Cl)C(=O)O[C@@H]2CI)O1. The van der Waals surface area contributed by atoms with Crippen molar-refractivity contribution in [1.82, 2.24) is 0 Å². The largest absolute Gasteiger partial charge is 0.460 e. The number of halogens is 2. The van der Waals surface area contributed by atoms with Gasteiger partial charge in [-0.15, -0.1) is 11.6 Å². The molecule has 0 aromatic carbocycles. The third kappa shape index (κ3) is 2.32. The van der Waals surface area contributed by atoms with E-state index < -0.39 is 11.2 Å². The standard InChI is InChI=1S/C10H14ClIO4/c1-10(2)14-4-6(16-10)7-5(3-12)15-9(13)8(7)11/h5-8H,3-4H2,1-2H3/t5-,6-,7+,8+/m1/s1. The van der Waals surface area contributed by atoms with Crippen LogP contribution in [0.4, 0.5) is 0 Å². The van der Waals surface area contributed by atoms with E-state index in [1.165, 1.54) is 0 Å². The molecule has 2 rings (SSSR count). The van der Waals surface area contributed by atoms with Gasteiger partial charge in [0.2, 0.25) is 0 Å². The van der Waals surface area contributed by atoms with Crippen LogP contribution >= 0.6 is 34.2 Å². The third-order valence-corrected chi connectivity index (χ3v) is 4.21. The maximum Gasteiger partial charge on any atom is 0.324 e. The van der Waals surface area contributed by atoms with Crippen molar-refractivity contribution in [3.63, 3.8) is 0 Å². The quantitative estimate of drug-likeness (QED) is 0.427. The van der Waals surface area contributed by atoms with E-state index in [0.29, 0.717) is 6.61 Å². The number of hydrogen-bond acceptors (Lipinski definition) is 4. The monoisotopic (exact) mass is 360 g/mol. The molecule has 0 radical (unpaired) electrons. The number of carbonyl (C=O) groups excluding carboxylic acids is 1. The van der Waals surface area contributed by atoms with Gasteiger partial charge in [-0.05, 0) is 13.8 Å². The maximum atomic E-state index is 11.4. The second kappa shape index (κ2) is 4.59. The molecule has 16 heavy (non-hydrogen) atoms. The van der Waals surface area contributed by atoms with Crippen LogP contribution in [0.25, 0.3) is 0 Å². The van der Waals surface area contributed by atoms with Gasteiger partial charge in [-0.25, -0.2) is 0 Å². The van der Waals surface area contributed by atoms with Crippen LogP contribution in [0.2, 0.25) is 0 Å². The Bertz CT molecular complexity index is 297. The fraction of sp³-hybridized carbons (Fsp3) is 0.900. The van der Waals surface area contributed by atoms with E-state index in [4.69, 9.17) is 25.8 Å².